The Bertz CT molecular complexity index is 1160. The van der Waals surface area contributed by atoms with Crippen molar-refractivity contribution in [1.29, 1.82) is 0 Å². The molecule has 0 heterocycles. The maximum absolute atomic E-state index is 11.4. The molecular formula is C20H40NNa2O9P. The van der Waals surface area contributed by atoms with Crippen LogP contribution in [0.3, 0.4) is 0 Å². The van der Waals surface area contributed by atoms with Crippen LogP contribution in [0.15, 0.2) is 0 Å². The van der Waals surface area contributed by atoms with Crippen molar-refractivity contribution in [3.05, 3.63) is 0 Å². The number of hydrogen-bond acceptors (Lipinski definition) is 10. The van der Waals surface area contributed by atoms with Crippen LogP contribution >= 0.6 is 7.82 Å². The van der Waals surface area contributed by atoms with Gasteiger partial charge in [-0.2, -0.15) is 4.89 Å². The number of ether oxygens (including phenoxy) is 1. The predicted molar refractivity (Wildman–Crippen MR) is 131 cm³/mol. The van der Waals surface area contributed by atoms with Crippen molar-refractivity contribution in [2.45, 2.75) is 13.0 Å². The van der Waals surface area contributed by atoms with Crippen LogP contribution < -0.4 is 75.1 Å². The van der Waals surface area contributed by atoms with Crippen molar-refractivity contribution >= 4 is 19.8 Å². The molecule has 1 atom stereocenters. The van der Waals surface area contributed by atoms with Gasteiger partial charge in [0.2, 0.25) is 0 Å². The Labute approximate surface area is 256 Å². The Morgan fingerprint density at radius 1 is 0.909 bits per heavy atom. The summed E-state index contributed by atoms with van der Waals surface area (Å²) in [6.07, 6.45) is 3.38. The molecule has 0 aliphatic carbocycles. The van der Waals surface area contributed by atoms with Crippen molar-refractivity contribution in [2.75, 3.05) is 13.2 Å². The number of phosphoric ester groups is 1. The first-order valence-electron chi connectivity index (χ1n) is 7.38. The van der Waals surface area contributed by atoms with Gasteiger partial charge < -0.3 is 29.8 Å². The molecule has 0 rings (SSSR count). The summed E-state index contributed by atoms with van der Waals surface area (Å²) in [5.74, 6) is 26.1. The fourth-order valence-corrected chi connectivity index (χ4v) is 1.38. The van der Waals surface area contributed by atoms with E-state index in [2.05, 4.69) is 78.2 Å². The minimum Gasteiger partial charge on any atom is -0.790 e. The fourth-order valence-electron chi connectivity index (χ4n) is 1.03. The maximum atomic E-state index is 11.4. The quantitative estimate of drug-likeness (QED) is 0.0663. The first kappa shape index (κ1) is 38.2. The van der Waals surface area contributed by atoms with Gasteiger partial charge >= 0.3 is 71.1 Å². The van der Waals surface area contributed by atoms with E-state index >= 15 is 0 Å². The molecule has 0 saturated heterocycles. The summed E-state index contributed by atoms with van der Waals surface area (Å²) < 4.78 is 19.2. The molecule has 186 valence electrons. The number of phosphoric acid groups is 1. The van der Waals surface area contributed by atoms with E-state index < -0.39 is 39.1 Å². The molecule has 10 nitrogen and oxygen atoms in total. The van der Waals surface area contributed by atoms with Crippen molar-refractivity contribution < 1.29 is 122 Å². The summed E-state index contributed by atoms with van der Waals surface area (Å²) in [5, 5.41) is 0. The molecule has 33 heavy (non-hydrogen) atoms. The number of hydrogen-bond donors (Lipinski definition) is 1. The third kappa shape index (κ3) is 27.9. The van der Waals surface area contributed by atoms with Crippen LogP contribution in [0.2, 0.25) is 0 Å². The van der Waals surface area contributed by atoms with Crippen molar-refractivity contribution in [1.82, 2.24) is 6.15 Å². The summed E-state index contributed by atoms with van der Waals surface area (Å²) in [7, 11) is -5.37. The van der Waals surface area contributed by atoms with Gasteiger partial charge in [0.1, 0.15) is 6.61 Å². The Kier molecular flexibility index (Phi) is 28.4. The van der Waals surface area contributed by atoms with E-state index in [0.717, 1.165) is 0 Å². The summed E-state index contributed by atoms with van der Waals surface area (Å²) in [5.41, 5.74) is 0. The van der Waals surface area contributed by atoms with Crippen molar-refractivity contribution in [3.8, 4) is 83.4 Å². The number of esters is 1. The van der Waals surface area contributed by atoms with Gasteiger partial charge in [-0.15, -0.1) is 6.42 Å². The van der Waals surface area contributed by atoms with Crippen LogP contribution in [-0.2, 0) is 33.2 Å². The maximum Gasteiger partial charge on any atom is 1.00 e. The summed E-state index contributed by atoms with van der Waals surface area (Å²) >= 11 is 0. The molecule has 0 amide bonds. The van der Waals surface area contributed by atoms with Crippen LogP contribution in [0.25, 0.3) is 0 Å². The molecule has 0 aromatic rings. The second-order valence-corrected chi connectivity index (χ2v) is 5.35. The molecule has 13 heteroatoms. The SMILES string of the molecule is C#CC#CC#CC#CC(=O)OO[C@H](COC(=O)C#CC#CC#CC)COP(=O)([O-])[O-].N.[HH].[HH].[HH].[HH].[HH].[HH].[HH].[HH].[HH].[HH].[HH].[HH].[HH].[HH].[Na+].[Na+]. The van der Waals surface area contributed by atoms with E-state index in [-0.39, 0.29) is 85.2 Å². The van der Waals surface area contributed by atoms with Crippen molar-refractivity contribution in [2.24, 2.45) is 0 Å². The van der Waals surface area contributed by atoms with Gasteiger partial charge in [0.05, 0.1) is 14.4 Å². The molecule has 0 aromatic heterocycles. The molecule has 0 aliphatic heterocycles. The van der Waals surface area contributed by atoms with E-state index in [4.69, 9.17) is 6.42 Å². The van der Waals surface area contributed by atoms with Crippen LogP contribution in [-0.4, -0.2) is 31.3 Å². The number of rotatable bonds is 7. The first-order valence-corrected chi connectivity index (χ1v) is 8.84. The van der Waals surface area contributed by atoms with E-state index in [1.54, 1.807) is 6.92 Å². The molecule has 0 aromatic carbocycles. The van der Waals surface area contributed by atoms with E-state index in [1.807, 2.05) is 17.8 Å². The second kappa shape index (κ2) is 24.5. The zero-order valence-corrected chi connectivity index (χ0v) is 22.8. The topological polar surface area (TPSA) is 169 Å². The van der Waals surface area contributed by atoms with E-state index in [9.17, 15) is 23.9 Å². The monoisotopic (exact) mass is 515 g/mol. The van der Waals surface area contributed by atoms with Crippen molar-refractivity contribution in [3.63, 3.8) is 0 Å². The number of carbonyl (C=O) groups is 2. The van der Waals surface area contributed by atoms with Gasteiger partial charge in [0.15, 0.2) is 6.10 Å². The summed E-state index contributed by atoms with van der Waals surface area (Å²) in [4.78, 5) is 52.7. The summed E-state index contributed by atoms with van der Waals surface area (Å²) in [6.45, 7) is -0.0418. The van der Waals surface area contributed by atoms with Gasteiger partial charge in [0.25, 0.3) is 0 Å². The zero-order valence-electron chi connectivity index (χ0n) is 17.9. The number of terminal acetylenes is 1. The molecule has 0 spiro atoms. The van der Waals surface area contributed by atoms with Crippen LogP contribution in [0.1, 0.15) is 26.9 Å². The molecular weight excluding hydrogens is 475 g/mol. The van der Waals surface area contributed by atoms with Crippen LogP contribution in [0, 0.1) is 83.4 Å². The molecule has 0 saturated carbocycles. The molecule has 3 N–H and O–H groups in total. The summed E-state index contributed by atoms with van der Waals surface area (Å²) in [6, 6.07) is 0. The third-order valence-electron chi connectivity index (χ3n) is 2.04. The first-order chi connectivity index (χ1) is 14.3. The van der Waals surface area contributed by atoms with E-state index in [1.165, 1.54) is 0 Å². The largest absolute Gasteiger partial charge is 1.00 e. The van der Waals surface area contributed by atoms with Gasteiger partial charge in [-0.3, -0.25) is 4.89 Å². The molecule has 0 radical (unpaired) electrons. The Morgan fingerprint density at radius 3 is 1.97 bits per heavy atom. The fraction of sp³-hybridized carbons (Fsp3) is 0.200. The van der Waals surface area contributed by atoms with Gasteiger partial charge in [-0.1, -0.05) is 5.92 Å². The Morgan fingerprint density at radius 2 is 1.42 bits per heavy atom. The average molecular weight is 515 g/mol. The average Bonchev–Trinajstić information content (AvgIpc) is 2.69. The zero-order chi connectivity index (χ0) is 22.7. The predicted octanol–water partition coefficient (Wildman–Crippen LogP) is -4.49. The Hall–Kier alpha value is -2.11. The van der Waals surface area contributed by atoms with Crippen LogP contribution in [0.4, 0.5) is 0 Å². The molecule has 0 bridgehead atoms. The molecule has 0 unspecified atom stereocenters. The minimum atomic E-state index is -5.37. The second-order valence-electron chi connectivity index (χ2n) is 4.20. The normalized spacial score (nSPS) is 8.18. The third-order valence-corrected chi connectivity index (χ3v) is 2.51. The number of carbonyl (C=O) groups excluding carboxylic acids is 2. The van der Waals surface area contributed by atoms with Gasteiger partial charge in [-0.25, -0.2) is 9.59 Å². The Balaban J connectivity index is -0.0000000309. The molecule has 0 fully saturated rings. The van der Waals surface area contributed by atoms with E-state index in [0.29, 0.717) is 0 Å². The van der Waals surface area contributed by atoms with Gasteiger partial charge in [-0.05, 0) is 66.1 Å². The standard InChI is InChI=1S/C20H11O9P.H3N.2Na.14H2/c1-3-5-7-9-11-13-15-20(22)29-28-18(17-27-30(23,24)25)16-26-19(21)14-12-10-8-6-4-2;;;;;;;;;;;;;;;;;/h1,18H,16-17H2,2H3,(H2,23,24,25);1H3;;;14*1H/q;;2*+1;;;;;;;;;;;;;;/p-2/t18-;;;;;;;;;;;;;;;;;/m1................./s1. The minimum absolute atomic E-state index is 0. The van der Waals surface area contributed by atoms with Gasteiger partial charge in [0, 0.05) is 31.8 Å². The van der Waals surface area contributed by atoms with Crippen LogP contribution in [0.5, 0.6) is 0 Å². The smallest absolute Gasteiger partial charge is 0.790 e. The molecule has 0 aliphatic rings.